The molecule has 6 heteroatoms. The van der Waals surface area contributed by atoms with Gasteiger partial charge in [0.15, 0.2) is 0 Å². The Hall–Kier alpha value is -3.67. The smallest absolute Gasteiger partial charge is 0.276 e. The fraction of sp³-hybridized carbons (Fsp3) is 0.136. The van der Waals surface area contributed by atoms with Gasteiger partial charge in [-0.3, -0.25) is 9.59 Å². The van der Waals surface area contributed by atoms with E-state index in [1.165, 1.54) is 10.6 Å². The van der Waals surface area contributed by atoms with Gasteiger partial charge in [-0.2, -0.15) is 5.10 Å². The Bertz CT molecular complexity index is 1030. The summed E-state index contributed by atoms with van der Waals surface area (Å²) in [4.78, 5) is 24.4. The van der Waals surface area contributed by atoms with Gasteiger partial charge >= 0.3 is 0 Å². The number of pyridine rings is 1. The van der Waals surface area contributed by atoms with Crippen LogP contribution in [-0.2, 0) is 13.2 Å². The van der Waals surface area contributed by atoms with Crippen molar-refractivity contribution in [3.63, 3.8) is 0 Å². The highest BCUT2D eigenvalue weighted by atomic mass is 16.5. The van der Waals surface area contributed by atoms with Crippen molar-refractivity contribution in [2.75, 3.05) is 0 Å². The first kappa shape index (κ1) is 19.1. The van der Waals surface area contributed by atoms with Crippen molar-refractivity contribution < 1.29 is 9.53 Å². The number of ether oxygens (including phenoxy) is 1. The van der Waals surface area contributed by atoms with Crippen LogP contribution in [0.5, 0.6) is 5.75 Å². The van der Waals surface area contributed by atoms with Crippen LogP contribution in [0.1, 0.15) is 28.4 Å². The standard InChI is InChI=1S/C22H21N3O3/c1-2-25-14-8-13-20(22(25)27)21(26)24-23-15-17-9-6-7-10-18(17)16-28-19-11-4-3-5-12-19/h3-15H,2,16H2,1H3,(H,24,26)/b23-15-. The van der Waals surface area contributed by atoms with Crippen LogP contribution >= 0.6 is 0 Å². The Kier molecular flexibility index (Phi) is 6.36. The fourth-order valence-corrected chi connectivity index (χ4v) is 2.65. The summed E-state index contributed by atoms with van der Waals surface area (Å²) in [5.41, 5.74) is 3.88. The highest BCUT2D eigenvalue weighted by molar-refractivity contribution is 5.94. The van der Waals surface area contributed by atoms with E-state index in [0.717, 1.165) is 16.9 Å². The molecule has 1 amide bonds. The number of aromatic nitrogens is 1. The summed E-state index contributed by atoms with van der Waals surface area (Å²) in [6.07, 6.45) is 3.19. The lowest BCUT2D eigenvalue weighted by molar-refractivity contribution is 0.0953. The summed E-state index contributed by atoms with van der Waals surface area (Å²) in [7, 11) is 0. The van der Waals surface area contributed by atoms with E-state index >= 15 is 0 Å². The average molecular weight is 375 g/mol. The van der Waals surface area contributed by atoms with E-state index in [4.69, 9.17) is 4.74 Å². The van der Waals surface area contributed by atoms with E-state index in [2.05, 4.69) is 10.5 Å². The van der Waals surface area contributed by atoms with Crippen molar-refractivity contribution in [2.24, 2.45) is 5.10 Å². The summed E-state index contributed by atoms with van der Waals surface area (Å²) < 4.78 is 7.24. The summed E-state index contributed by atoms with van der Waals surface area (Å²) in [6, 6.07) is 20.3. The van der Waals surface area contributed by atoms with Crippen molar-refractivity contribution >= 4 is 12.1 Å². The largest absolute Gasteiger partial charge is 0.489 e. The van der Waals surface area contributed by atoms with Gasteiger partial charge in [-0.15, -0.1) is 0 Å². The molecule has 0 atom stereocenters. The SMILES string of the molecule is CCn1cccc(C(=O)N/N=C\c2ccccc2COc2ccccc2)c1=O. The molecule has 2 aromatic carbocycles. The Morgan fingerprint density at radius 2 is 1.82 bits per heavy atom. The van der Waals surface area contributed by atoms with Crippen molar-refractivity contribution in [1.29, 1.82) is 0 Å². The highest BCUT2D eigenvalue weighted by Crippen LogP contribution is 2.13. The molecule has 0 radical (unpaired) electrons. The number of nitrogens with one attached hydrogen (secondary N) is 1. The number of benzene rings is 2. The molecular weight excluding hydrogens is 354 g/mol. The Morgan fingerprint density at radius 1 is 1.07 bits per heavy atom. The second-order valence-corrected chi connectivity index (χ2v) is 6.01. The van der Waals surface area contributed by atoms with E-state index in [1.807, 2.05) is 61.5 Å². The Balaban J connectivity index is 1.68. The lowest BCUT2D eigenvalue weighted by Crippen LogP contribution is -2.30. The van der Waals surface area contributed by atoms with Crippen molar-refractivity contribution in [1.82, 2.24) is 9.99 Å². The van der Waals surface area contributed by atoms with Gasteiger partial charge < -0.3 is 9.30 Å². The zero-order valence-electron chi connectivity index (χ0n) is 15.5. The summed E-state index contributed by atoms with van der Waals surface area (Å²) in [6.45, 7) is 2.72. The monoisotopic (exact) mass is 375 g/mol. The van der Waals surface area contributed by atoms with Gasteiger partial charge in [0.1, 0.15) is 17.9 Å². The number of hydrazone groups is 1. The minimum atomic E-state index is -0.540. The lowest BCUT2D eigenvalue weighted by atomic mass is 10.1. The number of amides is 1. The highest BCUT2D eigenvalue weighted by Gasteiger charge is 2.10. The molecule has 0 bridgehead atoms. The van der Waals surface area contributed by atoms with E-state index in [-0.39, 0.29) is 11.1 Å². The molecular formula is C22H21N3O3. The van der Waals surface area contributed by atoms with Crippen molar-refractivity contribution in [3.05, 3.63) is 100.0 Å². The average Bonchev–Trinajstić information content (AvgIpc) is 2.74. The molecule has 0 aliphatic heterocycles. The third-order valence-corrected chi connectivity index (χ3v) is 4.17. The van der Waals surface area contributed by atoms with Gasteiger partial charge in [0.25, 0.3) is 11.5 Å². The lowest BCUT2D eigenvalue weighted by Gasteiger charge is -2.08. The normalized spacial score (nSPS) is 10.8. The number of aryl methyl sites for hydroxylation is 1. The zero-order chi connectivity index (χ0) is 19.8. The predicted octanol–water partition coefficient (Wildman–Crippen LogP) is 3.21. The van der Waals surface area contributed by atoms with E-state index in [1.54, 1.807) is 18.5 Å². The molecule has 0 aliphatic carbocycles. The summed E-state index contributed by atoms with van der Waals surface area (Å²) >= 11 is 0. The number of hydrogen-bond acceptors (Lipinski definition) is 4. The number of rotatable bonds is 7. The number of nitrogens with zero attached hydrogens (tertiary/aromatic N) is 2. The summed E-state index contributed by atoms with van der Waals surface area (Å²) in [5.74, 6) is 0.237. The van der Waals surface area contributed by atoms with Gasteiger partial charge in [0.05, 0.1) is 6.21 Å². The third kappa shape index (κ3) is 4.73. The first-order chi connectivity index (χ1) is 13.7. The maximum absolute atomic E-state index is 12.3. The van der Waals surface area contributed by atoms with Gasteiger partial charge in [-0.05, 0) is 36.8 Å². The molecule has 3 rings (SSSR count). The second-order valence-electron chi connectivity index (χ2n) is 6.01. The molecule has 6 nitrogen and oxygen atoms in total. The molecule has 0 spiro atoms. The molecule has 0 aliphatic rings. The van der Waals surface area contributed by atoms with Gasteiger partial charge in [0.2, 0.25) is 0 Å². The van der Waals surface area contributed by atoms with Gasteiger partial charge in [-0.1, -0.05) is 42.5 Å². The maximum atomic E-state index is 12.3. The predicted molar refractivity (Wildman–Crippen MR) is 109 cm³/mol. The Labute approximate surface area is 163 Å². The minimum absolute atomic E-state index is 0.0576. The molecule has 0 fully saturated rings. The van der Waals surface area contributed by atoms with E-state index in [9.17, 15) is 9.59 Å². The van der Waals surface area contributed by atoms with Crippen LogP contribution in [0.25, 0.3) is 0 Å². The minimum Gasteiger partial charge on any atom is -0.489 e. The van der Waals surface area contributed by atoms with E-state index in [0.29, 0.717) is 13.2 Å². The van der Waals surface area contributed by atoms with Crippen LogP contribution in [0.3, 0.4) is 0 Å². The fourth-order valence-electron chi connectivity index (χ4n) is 2.65. The quantitative estimate of drug-likeness (QED) is 0.509. The van der Waals surface area contributed by atoms with Crippen molar-refractivity contribution in [3.8, 4) is 5.75 Å². The van der Waals surface area contributed by atoms with Crippen molar-refractivity contribution in [2.45, 2.75) is 20.1 Å². The Morgan fingerprint density at radius 3 is 2.61 bits per heavy atom. The molecule has 0 saturated heterocycles. The zero-order valence-corrected chi connectivity index (χ0v) is 15.5. The molecule has 1 N–H and O–H groups in total. The number of carbonyl (C=O) groups excluding carboxylic acids is 1. The van der Waals surface area contributed by atoms with Crippen LogP contribution in [0.15, 0.2) is 82.8 Å². The van der Waals surface area contributed by atoms with Crippen LogP contribution < -0.4 is 15.7 Å². The number of para-hydroxylation sites is 1. The molecule has 0 saturated carbocycles. The topological polar surface area (TPSA) is 72.7 Å². The maximum Gasteiger partial charge on any atom is 0.276 e. The summed E-state index contributed by atoms with van der Waals surface area (Å²) in [5, 5.41) is 4.00. The van der Waals surface area contributed by atoms with Crippen LogP contribution in [0, 0.1) is 0 Å². The molecule has 3 aromatic rings. The first-order valence-corrected chi connectivity index (χ1v) is 8.97. The molecule has 142 valence electrons. The first-order valence-electron chi connectivity index (χ1n) is 8.97. The van der Waals surface area contributed by atoms with Gasteiger partial charge in [0, 0.05) is 18.3 Å². The van der Waals surface area contributed by atoms with Gasteiger partial charge in [-0.25, -0.2) is 5.43 Å². The molecule has 1 heterocycles. The molecule has 1 aromatic heterocycles. The second kappa shape index (κ2) is 9.32. The van der Waals surface area contributed by atoms with Crippen LogP contribution in [0.4, 0.5) is 0 Å². The molecule has 28 heavy (non-hydrogen) atoms. The van der Waals surface area contributed by atoms with Crippen LogP contribution in [0.2, 0.25) is 0 Å². The number of carbonyl (C=O) groups is 1. The number of hydrogen-bond donors (Lipinski definition) is 1. The van der Waals surface area contributed by atoms with E-state index < -0.39 is 5.91 Å². The third-order valence-electron chi connectivity index (χ3n) is 4.17. The molecule has 0 unspecified atom stereocenters. The van der Waals surface area contributed by atoms with Crippen LogP contribution in [-0.4, -0.2) is 16.7 Å².